The first kappa shape index (κ1) is 12.7. The van der Waals surface area contributed by atoms with Gasteiger partial charge in [0.05, 0.1) is 11.2 Å². The lowest BCUT2D eigenvalue weighted by atomic mass is 10.0. The van der Waals surface area contributed by atoms with Gasteiger partial charge in [0.15, 0.2) is 0 Å². The number of hydrogen-bond donors (Lipinski definition) is 1. The number of likely N-dealkylation sites (N-methyl/N-ethyl adjacent to an activating group) is 1. The molecule has 1 heterocycles. The van der Waals surface area contributed by atoms with E-state index in [0.717, 1.165) is 16.6 Å². The van der Waals surface area contributed by atoms with Crippen LogP contribution >= 0.6 is 27.3 Å². The summed E-state index contributed by atoms with van der Waals surface area (Å²) in [5.74, 6) is 0. The molecule has 0 saturated carbocycles. The number of thiazole rings is 1. The van der Waals surface area contributed by atoms with Gasteiger partial charge >= 0.3 is 0 Å². The van der Waals surface area contributed by atoms with Gasteiger partial charge < -0.3 is 5.32 Å². The van der Waals surface area contributed by atoms with E-state index < -0.39 is 0 Å². The van der Waals surface area contributed by atoms with Gasteiger partial charge in [0.25, 0.3) is 0 Å². The third kappa shape index (κ3) is 3.15. The van der Waals surface area contributed by atoms with Crippen molar-refractivity contribution in [2.24, 2.45) is 0 Å². The van der Waals surface area contributed by atoms with Crippen molar-refractivity contribution in [3.8, 4) is 0 Å². The lowest BCUT2D eigenvalue weighted by Crippen LogP contribution is -2.18. The number of rotatable bonds is 4. The molecule has 4 heteroatoms. The van der Waals surface area contributed by atoms with E-state index in [1.807, 2.05) is 12.6 Å². The molecular weight excluding hydrogens is 296 g/mol. The zero-order chi connectivity index (χ0) is 12.3. The molecule has 90 valence electrons. The van der Waals surface area contributed by atoms with Crippen LogP contribution in [0.5, 0.6) is 0 Å². The minimum Gasteiger partial charge on any atom is -0.312 e. The summed E-state index contributed by atoms with van der Waals surface area (Å²) >= 11 is 5.18. The minimum absolute atomic E-state index is 0.351. The number of aryl methyl sites for hydroxylation is 1. The van der Waals surface area contributed by atoms with Crippen LogP contribution in [0.2, 0.25) is 0 Å². The van der Waals surface area contributed by atoms with E-state index in [9.17, 15) is 0 Å². The summed E-state index contributed by atoms with van der Waals surface area (Å²) in [6, 6.07) is 8.84. The topological polar surface area (TPSA) is 24.9 Å². The normalized spacial score (nSPS) is 12.6. The molecular formula is C13H15BrN2S. The molecule has 0 fully saturated rings. The molecule has 0 aliphatic heterocycles. The van der Waals surface area contributed by atoms with Crippen molar-refractivity contribution in [1.29, 1.82) is 0 Å². The van der Waals surface area contributed by atoms with Crippen LogP contribution in [-0.2, 0) is 6.42 Å². The molecule has 0 aliphatic rings. The SMILES string of the molecule is CNC(Cc1ccc(Br)cc1)c1scnc1C. The molecule has 0 saturated heterocycles. The van der Waals surface area contributed by atoms with Crippen LogP contribution in [0.15, 0.2) is 34.2 Å². The Labute approximate surface area is 114 Å². The molecule has 0 aliphatic carbocycles. The monoisotopic (exact) mass is 310 g/mol. The molecule has 0 bridgehead atoms. The van der Waals surface area contributed by atoms with E-state index in [4.69, 9.17) is 0 Å². The summed E-state index contributed by atoms with van der Waals surface area (Å²) in [7, 11) is 2.00. The van der Waals surface area contributed by atoms with Crippen molar-refractivity contribution in [3.05, 3.63) is 50.4 Å². The van der Waals surface area contributed by atoms with Crippen molar-refractivity contribution >= 4 is 27.3 Å². The van der Waals surface area contributed by atoms with Crippen LogP contribution in [-0.4, -0.2) is 12.0 Å². The Hall–Kier alpha value is -0.710. The Morgan fingerprint density at radius 1 is 1.35 bits per heavy atom. The average molecular weight is 311 g/mol. The zero-order valence-electron chi connectivity index (χ0n) is 9.90. The minimum atomic E-state index is 0.351. The van der Waals surface area contributed by atoms with E-state index >= 15 is 0 Å². The molecule has 1 aromatic carbocycles. The predicted molar refractivity (Wildman–Crippen MR) is 76.5 cm³/mol. The van der Waals surface area contributed by atoms with Gasteiger partial charge in [-0.1, -0.05) is 28.1 Å². The standard InChI is InChI=1S/C13H15BrN2S/c1-9-13(17-8-16-9)12(15-2)7-10-3-5-11(14)6-4-10/h3-6,8,12,15H,7H2,1-2H3. The first-order valence-electron chi connectivity index (χ1n) is 5.52. The van der Waals surface area contributed by atoms with E-state index in [1.165, 1.54) is 10.4 Å². The molecule has 2 aromatic rings. The third-order valence-electron chi connectivity index (χ3n) is 2.80. The Balaban J connectivity index is 2.16. The van der Waals surface area contributed by atoms with Crippen LogP contribution in [0.1, 0.15) is 22.2 Å². The quantitative estimate of drug-likeness (QED) is 0.931. The fourth-order valence-corrected chi connectivity index (χ4v) is 3.00. The Kier molecular flexibility index (Phi) is 4.31. The molecule has 2 nitrogen and oxygen atoms in total. The number of hydrogen-bond acceptors (Lipinski definition) is 3. The summed E-state index contributed by atoms with van der Waals surface area (Å²) in [5, 5.41) is 3.37. The molecule has 2 rings (SSSR count). The highest BCUT2D eigenvalue weighted by Crippen LogP contribution is 2.25. The summed E-state index contributed by atoms with van der Waals surface area (Å²) in [4.78, 5) is 5.64. The molecule has 1 N–H and O–H groups in total. The summed E-state index contributed by atoms with van der Waals surface area (Å²) in [6.07, 6.45) is 0.993. The first-order chi connectivity index (χ1) is 8.20. The van der Waals surface area contributed by atoms with Crippen molar-refractivity contribution in [2.45, 2.75) is 19.4 Å². The van der Waals surface area contributed by atoms with E-state index in [1.54, 1.807) is 11.3 Å². The van der Waals surface area contributed by atoms with Crippen LogP contribution in [0.25, 0.3) is 0 Å². The highest BCUT2D eigenvalue weighted by atomic mass is 79.9. The maximum atomic E-state index is 4.31. The third-order valence-corrected chi connectivity index (χ3v) is 4.37. The summed E-state index contributed by atoms with van der Waals surface area (Å²) < 4.78 is 1.12. The van der Waals surface area contributed by atoms with E-state index in [2.05, 4.69) is 57.4 Å². The van der Waals surface area contributed by atoms with Crippen LogP contribution in [0.4, 0.5) is 0 Å². The second-order valence-electron chi connectivity index (χ2n) is 3.97. The molecule has 1 unspecified atom stereocenters. The highest BCUT2D eigenvalue weighted by molar-refractivity contribution is 9.10. The number of nitrogens with zero attached hydrogens (tertiary/aromatic N) is 1. The van der Waals surface area contributed by atoms with Gasteiger partial charge in [-0.05, 0) is 38.1 Å². The van der Waals surface area contributed by atoms with E-state index in [0.29, 0.717) is 6.04 Å². The van der Waals surface area contributed by atoms with Crippen molar-refractivity contribution in [3.63, 3.8) is 0 Å². The number of halogens is 1. The van der Waals surface area contributed by atoms with Gasteiger partial charge in [0, 0.05) is 15.4 Å². The lowest BCUT2D eigenvalue weighted by molar-refractivity contribution is 0.598. The molecule has 1 atom stereocenters. The maximum absolute atomic E-state index is 4.31. The Morgan fingerprint density at radius 2 is 2.06 bits per heavy atom. The summed E-state index contributed by atoms with van der Waals surface area (Å²) in [5.41, 5.74) is 4.38. The van der Waals surface area contributed by atoms with Gasteiger partial charge in [-0.3, -0.25) is 0 Å². The fraction of sp³-hybridized carbons (Fsp3) is 0.308. The summed E-state index contributed by atoms with van der Waals surface area (Å²) in [6.45, 7) is 2.07. The van der Waals surface area contributed by atoms with Gasteiger partial charge in [0.1, 0.15) is 0 Å². The Morgan fingerprint density at radius 3 is 2.59 bits per heavy atom. The van der Waals surface area contributed by atoms with Gasteiger partial charge in [-0.25, -0.2) is 4.98 Å². The predicted octanol–water partition coefficient (Wildman–Crippen LogP) is 3.72. The number of nitrogens with one attached hydrogen (secondary N) is 1. The van der Waals surface area contributed by atoms with Gasteiger partial charge in [-0.2, -0.15) is 0 Å². The first-order valence-corrected chi connectivity index (χ1v) is 7.19. The van der Waals surface area contributed by atoms with Gasteiger partial charge in [-0.15, -0.1) is 11.3 Å². The second kappa shape index (κ2) is 5.76. The van der Waals surface area contributed by atoms with Crippen LogP contribution in [0.3, 0.4) is 0 Å². The lowest BCUT2D eigenvalue weighted by Gasteiger charge is -2.15. The van der Waals surface area contributed by atoms with Crippen LogP contribution < -0.4 is 5.32 Å². The van der Waals surface area contributed by atoms with Crippen molar-refractivity contribution < 1.29 is 0 Å². The van der Waals surface area contributed by atoms with Crippen LogP contribution in [0, 0.1) is 6.92 Å². The largest absolute Gasteiger partial charge is 0.312 e. The molecule has 0 radical (unpaired) electrons. The smallest absolute Gasteiger partial charge is 0.0798 e. The van der Waals surface area contributed by atoms with Crippen molar-refractivity contribution in [1.82, 2.24) is 10.3 Å². The van der Waals surface area contributed by atoms with Crippen molar-refractivity contribution in [2.75, 3.05) is 7.05 Å². The fourth-order valence-electron chi connectivity index (χ4n) is 1.83. The van der Waals surface area contributed by atoms with E-state index in [-0.39, 0.29) is 0 Å². The average Bonchev–Trinajstić information content (AvgIpc) is 2.75. The molecule has 1 aromatic heterocycles. The highest BCUT2D eigenvalue weighted by Gasteiger charge is 2.14. The molecule has 0 spiro atoms. The molecule has 0 amide bonds. The second-order valence-corrected chi connectivity index (χ2v) is 5.78. The maximum Gasteiger partial charge on any atom is 0.0798 e. The number of aromatic nitrogens is 1. The molecule has 17 heavy (non-hydrogen) atoms. The van der Waals surface area contributed by atoms with Gasteiger partial charge in [0.2, 0.25) is 0 Å². The Bertz CT molecular complexity index is 478. The zero-order valence-corrected chi connectivity index (χ0v) is 12.3. The number of benzene rings is 1.